The molecule has 0 unspecified atom stereocenters. The van der Waals surface area contributed by atoms with Crippen molar-refractivity contribution in [2.45, 2.75) is 32.6 Å². The first-order valence-corrected chi connectivity index (χ1v) is 5.15. The summed E-state index contributed by atoms with van der Waals surface area (Å²) < 4.78 is 4.79. The Labute approximate surface area is 84.9 Å². The Morgan fingerprint density at radius 3 is 2.62 bits per heavy atom. The SMILES string of the molecule is CC(=O)OCCCC/C=C\CCCl. The van der Waals surface area contributed by atoms with Gasteiger partial charge in [0.1, 0.15) is 0 Å². The standard InChI is InChI=1S/C10H17ClO2/c1-10(12)13-9-7-5-3-2-4-6-8-11/h2,4H,3,5-9H2,1H3/b4-2-. The van der Waals surface area contributed by atoms with Crippen LogP contribution < -0.4 is 0 Å². The summed E-state index contributed by atoms with van der Waals surface area (Å²) in [6.45, 7) is 1.97. The second kappa shape index (κ2) is 9.59. The number of halogens is 1. The maximum absolute atomic E-state index is 10.4. The van der Waals surface area contributed by atoms with E-state index in [2.05, 4.69) is 12.2 Å². The highest BCUT2D eigenvalue weighted by atomic mass is 35.5. The van der Waals surface area contributed by atoms with Gasteiger partial charge < -0.3 is 4.74 Å². The lowest BCUT2D eigenvalue weighted by Gasteiger charge is -1.99. The molecule has 76 valence electrons. The number of hydrogen-bond acceptors (Lipinski definition) is 2. The van der Waals surface area contributed by atoms with Gasteiger partial charge in [0, 0.05) is 12.8 Å². The number of alkyl halides is 1. The fourth-order valence-electron chi connectivity index (χ4n) is 0.879. The first-order valence-electron chi connectivity index (χ1n) is 4.61. The zero-order valence-electron chi connectivity index (χ0n) is 8.09. The van der Waals surface area contributed by atoms with E-state index in [0.29, 0.717) is 12.5 Å². The van der Waals surface area contributed by atoms with Crippen LogP contribution in [0.3, 0.4) is 0 Å². The third-order valence-electron chi connectivity index (χ3n) is 1.51. The molecule has 0 aromatic heterocycles. The molecular weight excluding hydrogens is 188 g/mol. The van der Waals surface area contributed by atoms with E-state index < -0.39 is 0 Å². The van der Waals surface area contributed by atoms with Crippen LogP contribution in [0.15, 0.2) is 12.2 Å². The van der Waals surface area contributed by atoms with Gasteiger partial charge in [0.15, 0.2) is 0 Å². The van der Waals surface area contributed by atoms with E-state index in [1.165, 1.54) is 6.92 Å². The normalized spacial score (nSPS) is 10.6. The maximum atomic E-state index is 10.4. The van der Waals surface area contributed by atoms with Gasteiger partial charge in [0.2, 0.25) is 0 Å². The minimum atomic E-state index is -0.197. The Bertz CT molecular complexity index is 155. The second-order valence-electron chi connectivity index (χ2n) is 2.78. The largest absolute Gasteiger partial charge is 0.466 e. The average molecular weight is 205 g/mol. The van der Waals surface area contributed by atoms with Gasteiger partial charge in [0.05, 0.1) is 6.61 Å². The van der Waals surface area contributed by atoms with Crippen molar-refractivity contribution < 1.29 is 9.53 Å². The zero-order chi connectivity index (χ0) is 9.94. The summed E-state index contributed by atoms with van der Waals surface area (Å²) in [5.74, 6) is 0.488. The molecular formula is C10H17ClO2. The highest BCUT2D eigenvalue weighted by molar-refractivity contribution is 6.17. The molecule has 0 aliphatic heterocycles. The Hall–Kier alpha value is -0.500. The van der Waals surface area contributed by atoms with Crippen LogP contribution in [0.2, 0.25) is 0 Å². The van der Waals surface area contributed by atoms with Gasteiger partial charge in [-0.1, -0.05) is 12.2 Å². The molecule has 0 aromatic rings. The Morgan fingerprint density at radius 2 is 2.00 bits per heavy atom. The van der Waals surface area contributed by atoms with Gasteiger partial charge in [-0.15, -0.1) is 11.6 Å². The molecule has 0 aliphatic carbocycles. The Morgan fingerprint density at radius 1 is 1.31 bits per heavy atom. The van der Waals surface area contributed by atoms with Crippen molar-refractivity contribution in [3.05, 3.63) is 12.2 Å². The summed E-state index contributed by atoms with van der Waals surface area (Å²) in [4.78, 5) is 10.4. The number of carbonyl (C=O) groups is 1. The van der Waals surface area contributed by atoms with E-state index in [0.717, 1.165) is 25.7 Å². The van der Waals surface area contributed by atoms with Crippen LogP contribution >= 0.6 is 11.6 Å². The lowest BCUT2D eigenvalue weighted by molar-refractivity contribution is -0.141. The van der Waals surface area contributed by atoms with Crippen LogP contribution in [0.1, 0.15) is 32.6 Å². The number of unbranched alkanes of at least 4 members (excludes halogenated alkanes) is 2. The smallest absolute Gasteiger partial charge is 0.302 e. The summed E-state index contributed by atoms with van der Waals surface area (Å²) >= 11 is 5.49. The molecule has 0 bridgehead atoms. The minimum Gasteiger partial charge on any atom is -0.466 e. The summed E-state index contributed by atoms with van der Waals surface area (Å²) in [6.07, 6.45) is 8.18. The second-order valence-corrected chi connectivity index (χ2v) is 3.16. The van der Waals surface area contributed by atoms with Crippen molar-refractivity contribution in [3.8, 4) is 0 Å². The number of rotatable bonds is 7. The van der Waals surface area contributed by atoms with E-state index in [9.17, 15) is 4.79 Å². The fraction of sp³-hybridized carbons (Fsp3) is 0.700. The molecule has 0 radical (unpaired) electrons. The highest BCUT2D eigenvalue weighted by Gasteiger charge is 1.91. The highest BCUT2D eigenvalue weighted by Crippen LogP contribution is 1.98. The predicted molar refractivity (Wildman–Crippen MR) is 55.0 cm³/mol. The van der Waals surface area contributed by atoms with E-state index in [-0.39, 0.29) is 5.97 Å². The van der Waals surface area contributed by atoms with Crippen molar-refractivity contribution in [1.29, 1.82) is 0 Å². The van der Waals surface area contributed by atoms with Gasteiger partial charge in [-0.2, -0.15) is 0 Å². The third-order valence-corrected chi connectivity index (χ3v) is 1.73. The molecule has 0 amide bonds. The average Bonchev–Trinajstić information content (AvgIpc) is 2.09. The number of carbonyl (C=O) groups excluding carboxylic acids is 1. The predicted octanol–water partition coefficient (Wildman–Crippen LogP) is 2.90. The fourth-order valence-corrected chi connectivity index (χ4v) is 1.00. The molecule has 13 heavy (non-hydrogen) atoms. The molecule has 0 rings (SSSR count). The van der Waals surface area contributed by atoms with Crippen LogP contribution in [-0.2, 0) is 9.53 Å². The molecule has 0 N–H and O–H groups in total. The first kappa shape index (κ1) is 12.5. The van der Waals surface area contributed by atoms with Crippen LogP contribution in [-0.4, -0.2) is 18.5 Å². The lowest BCUT2D eigenvalue weighted by atomic mass is 10.2. The molecule has 0 saturated heterocycles. The molecule has 0 atom stereocenters. The molecule has 3 heteroatoms. The summed E-state index contributed by atoms with van der Waals surface area (Å²) in [5, 5.41) is 0. The molecule has 0 spiro atoms. The Balaban J connectivity index is 3.03. The third kappa shape index (κ3) is 11.5. The van der Waals surface area contributed by atoms with Gasteiger partial charge in [-0.05, 0) is 25.7 Å². The van der Waals surface area contributed by atoms with Gasteiger partial charge >= 0.3 is 5.97 Å². The van der Waals surface area contributed by atoms with Gasteiger partial charge in [-0.3, -0.25) is 4.79 Å². The summed E-state index contributed by atoms with van der Waals surface area (Å²) in [5.41, 5.74) is 0. The quantitative estimate of drug-likeness (QED) is 0.276. The number of ether oxygens (including phenoxy) is 1. The zero-order valence-corrected chi connectivity index (χ0v) is 8.85. The van der Waals surface area contributed by atoms with Crippen molar-refractivity contribution in [2.24, 2.45) is 0 Å². The Kier molecular flexibility index (Phi) is 9.22. The van der Waals surface area contributed by atoms with Crippen molar-refractivity contribution in [1.82, 2.24) is 0 Å². The number of hydrogen-bond donors (Lipinski definition) is 0. The van der Waals surface area contributed by atoms with Gasteiger partial charge in [0.25, 0.3) is 0 Å². The van der Waals surface area contributed by atoms with E-state index in [4.69, 9.17) is 16.3 Å². The van der Waals surface area contributed by atoms with Crippen LogP contribution in [0, 0.1) is 0 Å². The number of esters is 1. The minimum absolute atomic E-state index is 0.197. The maximum Gasteiger partial charge on any atom is 0.302 e. The summed E-state index contributed by atoms with van der Waals surface area (Å²) in [6, 6.07) is 0. The summed E-state index contributed by atoms with van der Waals surface area (Å²) in [7, 11) is 0. The molecule has 0 aliphatic rings. The molecule has 2 nitrogen and oxygen atoms in total. The van der Waals surface area contributed by atoms with E-state index >= 15 is 0 Å². The van der Waals surface area contributed by atoms with Crippen LogP contribution in [0.5, 0.6) is 0 Å². The van der Waals surface area contributed by atoms with E-state index in [1.807, 2.05) is 0 Å². The van der Waals surface area contributed by atoms with Crippen molar-refractivity contribution in [3.63, 3.8) is 0 Å². The van der Waals surface area contributed by atoms with Crippen molar-refractivity contribution in [2.75, 3.05) is 12.5 Å². The molecule has 0 aromatic carbocycles. The van der Waals surface area contributed by atoms with Crippen LogP contribution in [0.4, 0.5) is 0 Å². The van der Waals surface area contributed by atoms with Gasteiger partial charge in [-0.25, -0.2) is 0 Å². The van der Waals surface area contributed by atoms with Crippen molar-refractivity contribution >= 4 is 17.6 Å². The first-order chi connectivity index (χ1) is 6.27. The van der Waals surface area contributed by atoms with E-state index in [1.54, 1.807) is 0 Å². The molecule has 0 saturated carbocycles. The topological polar surface area (TPSA) is 26.3 Å². The molecule has 0 fully saturated rings. The monoisotopic (exact) mass is 204 g/mol. The number of allylic oxidation sites excluding steroid dienone is 2. The van der Waals surface area contributed by atoms with Crippen LogP contribution in [0.25, 0.3) is 0 Å². The molecule has 0 heterocycles. The lowest BCUT2D eigenvalue weighted by Crippen LogP contribution is -1.99.